The van der Waals surface area contributed by atoms with Gasteiger partial charge in [-0.1, -0.05) is 41.5 Å². The Labute approximate surface area is 122 Å². The normalized spacial score (nSPS) is 12.2. The van der Waals surface area contributed by atoms with E-state index in [0.29, 0.717) is 5.56 Å². The second-order valence-corrected chi connectivity index (χ2v) is 7.10. The molecule has 0 radical (unpaired) electrons. The maximum absolute atomic E-state index is 11.9. The highest BCUT2D eigenvalue weighted by Crippen LogP contribution is 2.40. The van der Waals surface area contributed by atoms with E-state index in [0.717, 1.165) is 16.9 Å². The molecule has 112 valence electrons. The minimum atomic E-state index is -0.316. The molecule has 0 fully saturated rings. The number of hydrogen-bond acceptors (Lipinski definition) is 3. The van der Waals surface area contributed by atoms with Crippen molar-refractivity contribution in [3.63, 3.8) is 0 Å². The molecule has 0 aliphatic heterocycles. The number of hydrogen-bond donors (Lipinski definition) is 0. The van der Waals surface area contributed by atoms with E-state index in [2.05, 4.69) is 41.5 Å². The van der Waals surface area contributed by atoms with Crippen molar-refractivity contribution in [1.82, 2.24) is 0 Å². The Hall–Kier alpha value is -1.51. The van der Waals surface area contributed by atoms with Gasteiger partial charge in [-0.05, 0) is 23.0 Å². The fourth-order valence-corrected chi connectivity index (χ4v) is 2.20. The van der Waals surface area contributed by atoms with E-state index in [9.17, 15) is 4.79 Å². The Morgan fingerprint density at radius 2 is 1.30 bits per heavy atom. The molecule has 0 aliphatic rings. The first-order chi connectivity index (χ1) is 9.02. The van der Waals surface area contributed by atoms with E-state index in [1.54, 1.807) is 7.11 Å². The van der Waals surface area contributed by atoms with E-state index in [4.69, 9.17) is 9.47 Å². The molecular weight excluding hydrogens is 252 g/mol. The lowest BCUT2D eigenvalue weighted by molar-refractivity contribution is 0.0600. The van der Waals surface area contributed by atoms with Crippen LogP contribution in [0.15, 0.2) is 12.1 Å². The quantitative estimate of drug-likeness (QED) is 0.765. The summed E-state index contributed by atoms with van der Waals surface area (Å²) in [6.45, 7) is 12.7. The lowest BCUT2D eigenvalue weighted by Crippen LogP contribution is -2.20. The number of esters is 1. The third-order valence-corrected chi connectivity index (χ3v) is 3.33. The van der Waals surface area contributed by atoms with Gasteiger partial charge in [0.25, 0.3) is 0 Å². The minimum absolute atomic E-state index is 0.116. The monoisotopic (exact) mass is 278 g/mol. The van der Waals surface area contributed by atoms with E-state index in [-0.39, 0.29) is 16.8 Å². The van der Waals surface area contributed by atoms with Crippen LogP contribution in [0, 0.1) is 0 Å². The number of benzene rings is 1. The molecule has 0 atom stereocenters. The van der Waals surface area contributed by atoms with E-state index >= 15 is 0 Å². The summed E-state index contributed by atoms with van der Waals surface area (Å²) >= 11 is 0. The molecule has 0 aliphatic carbocycles. The van der Waals surface area contributed by atoms with Gasteiger partial charge in [0.2, 0.25) is 0 Å². The summed E-state index contributed by atoms with van der Waals surface area (Å²) in [5, 5.41) is 0. The zero-order valence-corrected chi connectivity index (χ0v) is 13.9. The van der Waals surface area contributed by atoms with Gasteiger partial charge in [0, 0.05) is 11.1 Å². The molecule has 0 saturated heterocycles. The zero-order chi connectivity index (χ0) is 15.7. The fraction of sp³-hybridized carbons (Fsp3) is 0.588. The van der Waals surface area contributed by atoms with Gasteiger partial charge in [0.15, 0.2) is 0 Å². The van der Waals surface area contributed by atoms with Crippen LogP contribution in [0.5, 0.6) is 5.75 Å². The summed E-state index contributed by atoms with van der Waals surface area (Å²) in [7, 11) is 3.08. The summed E-state index contributed by atoms with van der Waals surface area (Å²) in [4.78, 5) is 11.9. The Morgan fingerprint density at radius 1 is 0.900 bits per heavy atom. The van der Waals surface area contributed by atoms with Crippen molar-refractivity contribution in [1.29, 1.82) is 0 Å². The van der Waals surface area contributed by atoms with Gasteiger partial charge in [0.1, 0.15) is 5.75 Å². The number of rotatable bonds is 2. The van der Waals surface area contributed by atoms with Gasteiger partial charge < -0.3 is 9.47 Å². The molecule has 0 N–H and O–H groups in total. The van der Waals surface area contributed by atoms with E-state index < -0.39 is 0 Å². The lowest BCUT2D eigenvalue weighted by atomic mass is 9.78. The SMILES string of the molecule is COC(=O)c1cc(C(C)(C)C)c(OC)c(C(C)(C)C)c1. The summed E-state index contributed by atoms with van der Waals surface area (Å²) in [6.07, 6.45) is 0. The maximum Gasteiger partial charge on any atom is 0.337 e. The van der Waals surface area contributed by atoms with Gasteiger partial charge in [-0.2, -0.15) is 0 Å². The average Bonchev–Trinajstić information content (AvgIpc) is 2.33. The van der Waals surface area contributed by atoms with Crippen molar-refractivity contribution in [3.8, 4) is 5.75 Å². The zero-order valence-electron chi connectivity index (χ0n) is 13.9. The molecule has 0 bridgehead atoms. The van der Waals surface area contributed by atoms with Crippen LogP contribution < -0.4 is 4.74 Å². The van der Waals surface area contributed by atoms with Crippen LogP contribution in [0.25, 0.3) is 0 Å². The highest BCUT2D eigenvalue weighted by atomic mass is 16.5. The molecule has 0 unspecified atom stereocenters. The second-order valence-electron chi connectivity index (χ2n) is 7.10. The highest BCUT2D eigenvalue weighted by molar-refractivity contribution is 5.90. The summed E-state index contributed by atoms with van der Waals surface area (Å²) < 4.78 is 10.5. The molecule has 0 saturated carbocycles. The Kier molecular flexibility index (Phi) is 4.52. The van der Waals surface area contributed by atoms with Crippen LogP contribution in [-0.2, 0) is 15.6 Å². The van der Waals surface area contributed by atoms with E-state index in [1.165, 1.54) is 7.11 Å². The lowest BCUT2D eigenvalue weighted by Gasteiger charge is -2.29. The predicted octanol–water partition coefficient (Wildman–Crippen LogP) is 4.08. The molecular formula is C17H26O3. The van der Waals surface area contributed by atoms with Crippen LogP contribution in [0.2, 0.25) is 0 Å². The van der Waals surface area contributed by atoms with Crippen LogP contribution in [0.1, 0.15) is 63.0 Å². The number of carbonyl (C=O) groups excluding carboxylic acids is 1. The summed E-state index contributed by atoms with van der Waals surface area (Å²) in [5.41, 5.74) is 2.38. The Balaban J connectivity index is 3.70. The average molecular weight is 278 g/mol. The van der Waals surface area contributed by atoms with Crippen molar-refractivity contribution in [2.24, 2.45) is 0 Å². The van der Waals surface area contributed by atoms with Crippen molar-refractivity contribution in [2.75, 3.05) is 14.2 Å². The first-order valence-electron chi connectivity index (χ1n) is 6.83. The van der Waals surface area contributed by atoms with Gasteiger partial charge in [0.05, 0.1) is 19.8 Å². The predicted molar refractivity (Wildman–Crippen MR) is 81.7 cm³/mol. The second kappa shape index (κ2) is 5.47. The smallest absolute Gasteiger partial charge is 0.337 e. The number of carbonyl (C=O) groups is 1. The highest BCUT2D eigenvalue weighted by Gasteiger charge is 2.28. The largest absolute Gasteiger partial charge is 0.496 e. The third-order valence-electron chi connectivity index (χ3n) is 3.33. The Morgan fingerprint density at radius 3 is 1.55 bits per heavy atom. The number of ether oxygens (including phenoxy) is 2. The summed E-state index contributed by atoms with van der Waals surface area (Å²) in [6, 6.07) is 3.75. The molecule has 0 aromatic heterocycles. The van der Waals surface area contributed by atoms with Crippen molar-refractivity contribution in [2.45, 2.75) is 52.4 Å². The van der Waals surface area contributed by atoms with Crippen LogP contribution in [0.4, 0.5) is 0 Å². The molecule has 3 heteroatoms. The molecule has 1 rings (SSSR count). The molecule has 0 amide bonds. The molecule has 1 aromatic carbocycles. The van der Waals surface area contributed by atoms with Gasteiger partial charge >= 0.3 is 5.97 Å². The summed E-state index contributed by atoms with van der Waals surface area (Å²) in [5.74, 6) is 0.543. The minimum Gasteiger partial charge on any atom is -0.496 e. The molecule has 1 aromatic rings. The van der Waals surface area contributed by atoms with Crippen molar-refractivity contribution >= 4 is 5.97 Å². The standard InChI is InChI=1S/C17H26O3/c1-16(2,3)12-9-11(15(18)20-8)10-13(14(12)19-7)17(4,5)6/h9-10H,1-8H3. The van der Waals surface area contributed by atoms with Crippen molar-refractivity contribution < 1.29 is 14.3 Å². The van der Waals surface area contributed by atoms with Gasteiger partial charge in [-0.25, -0.2) is 4.79 Å². The molecule has 0 heterocycles. The Bertz CT molecular complexity index is 467. The first kappa shape index (κ1) is 16.5. The van der Waals surface area contributed by atoms with E-state index in [1.807, 2.05) is 12.1 Å². The molecule has 20 heavy (non-hydrogen) atoms. The number of methoxy groups -OCH3 is 2. The van der Waals surface area contributed by atoms with Crippen molar-refractivity contribution in [3.05, 3.63) is 28.8 Å². The first-order valence-corrected chi connectivity index (χ1v) is 6.83. The third kappa shape index (κ3) is 3.33. The van der Waals surface area contributed by atoms with Gasteiger partial charge in [-0.3, -0.25) is 0 Å². The van der Waals surface area contributed by atoms with Crippen LogP contribution >= 0.6 is 0 Å². The van der Waals surface area contributed by atoms with Crippen LogP contribution in [-0.4, -0.2) is 20.2 Å². The fourth-order valence-electron chi connectivity index (χ4n) is 2.20. The van der Waals surface area contributed by atoms with Crippen LogP contribution in [0.3, 0.4) is 0 Å². The maximum atomic E-state index is 11.9. The van der Waals surface area contributed by atoms with Gasteiger partial charge in [-0.15, -0.1) is 0 Å². The molecule has 3 nitrogen and oxygen atoms in total. The topological polar surface area (TPSA) is 35.5 Å². The molecule has 0 spiro atoms.